The van der Waals surface area contributed by atoms with Crippen LogP contribution in [0.1, 0.15) is 12.8 Å². The number of ether oxygens (including phenoxy) is 1. The molecule has 1 aliphatic rings. The molecule has 0 bridgehead atoms. The van der Waals surface area contributed by atoms with E-state index in [1.54, 1.807) is 23.1 Å². The zero-order valence-electron chi connectivity index (χ0n) is 9.78. The smallest absolute Gasteiger partial charge is 0.332 e. The van der Waals surface area contributed by atoms with Crippen LogP contribution in [0.3, 0.4) is 0 Å². The number of nitrogens with one attached hydrogen (secondary N) is 1. The number of aliphatic carboxylic acids is 1. The number of carbonyl (C=O) groups excluding carboxylic acids is 1. The highest BCUT2D eigenvalue weighted by molar-refractivity contribution is 5.82. The lowest BCUT2D eigenvalue weighted by Crippen LogP contribution is -2.37. The molecule has 2 atom stereocenters. The molecule has 7 heteroatoms. The lowest BCUT2D eigenvalue weighted by atomic mass is 10.2. The number of carboxylic acids is 1. The van der Waals surface area contributed by atoms with Crippen LogP contribution in [0.5, 0.6) is 0 Å². The maximum atomic E-state index is 11.7. The van der Waals surface area contributed by atoms with E-state index >= 15 is 0 Å². The van der Waals surface area contributed by atoms with Gasteiger partial charge in [-0.25, -0.2) is 4.79 Å². The average molecular weight is 253 g/mol. The van der Waals surface area contributed by atoms with Crippen molar-refractivity contribution in [3.05, 3.63) is 18.5 Å². The first-order chi connectivity index (χ1) is 8.66. The minimum absolute atomic E-state index is 0.258. The van der Waals surface area contributed by atoms with Gasteiger partial charge in [-0.1, -0.05) is 0 Å². The van der Waals surface area contributed by atoms with Crippen LogP contribution < -0.4 is 5.32 Å². The molecule has 2 unspecified atom stereocenters. The Balaban J connectivity index is 1.71. The molecule has 0 aliphatic carbocycles. The van der Waals surface area contributed by atoms with E-state index in [0.29, 0.717) is 25.9 Å². The molecule has 2 rings (SSSR count). The number of aromatic nitrogens is 2. The Hall–Kier alpha value is -1.89. The molecule has 0 saturated carbocycles. The van der Waals surface area contributed by atoms with Crippen molar-refractivity contribution in [1.82, 2.24) is 15.1 Å². The average Bonchev–Trinajstić information content (AvgIpc) is 2.99. The fourth-order valence-electron chi connectivity index (χ4n) is 1.85. The first-order valence-electron chi connectivity index (χ1n) is 5.80. The van der Waals surface area contributed by atoms with Gasteiger partial charge < -0.3 is 15.2 Å². The van der Waals surface area contributed by atoms with Crippen molar-refractivity contribution in [1.29, 1.82) is 0 Å². The van der Waals surface area contributed by atoms with Gasteiger partial charge in [-0.2, -0.15) is 5.10 Å². The van der Waals surface area contributed by atoms with Crippen LogP contribution in [-0.4, -0.2) is 45.5 Å². The highest BCUT2D eigenvalue weighted by Gasteiger charge is 2.34. The van der Waals surface area contributed by atoms with Crippen LogP contribution in [0, 0.1) is 0 Å². The van der Waals surface area contributed by atoms with Crippen LogP contribution in [-0.2, 0) is 20.9 Å². The van der Waals surface area contributed by atoms with Crippen molar-refractivity contribution in [2.75, 3.05) is 6.54 Å². The van der Waals surface area contributed by atoms with E-state index in [9.17, 15) is 9.59 Å². The quantitative estimate of drug-likeness (QED) is 0.747. The Bertz CT molecular complexity index is 418. The van der Waals surface area contributed by atoms with E-state index in [4.69, 9.17) is 9.84 Å². The van der Waals surface area contributed by atoms with Gasteiger partial charge >= 0.3 is 5.97 Å². The standard InChI is InChI=1S/C11H15N3O4/c15-10(8-2-3-9(18-8)11(16)17)12-5-7-14-6-1-4-13-14/h1,4,6,8-9H,2-3,5,7H2,(H,12,15)(H,16,17). The number of amides is 1. The lowest BCUT2D eigenvalue weighted by molar-refractivity contribution is -0.151. The largest absolute Gasteiger partial charge is 0.479 e. The predicted molar refractivity (Wildman–Crippen MR) is 60.8 cm³/mol. The molecule has 0 spiro atoms. The van der Waals surface area contributed by atoms with Crippen molar-refractivity contribution >= 4 is 11.9 Å². The summed E-state index contributed by atoms with van der Waals surface area (Å²) in [6, 6.07) is 1.80. The summed E-state index contributed by atoms with van der Waals surface area (Å²) >= 11 is 0. The maximum absolute atomic E-state index is 11.7. The molecular formula is C11H15N3O4. The molecule has 0 radical (unpaired) electrons. The molecule has 2 N–H and O–H groups in total. The highest BCUT2D eigenvalue weighted by Crippen LogP contribution is 2.19. The van der Waals surface area contributed by atoms with E-state index < -0.39 is 18.2 Å². The third kappa shape index (κ3) is 3.07. The summed E-state index contributed by atoms with van der Waals surface area (Å²) in [6.45, 7) is 1.02. The van der Waals surface area contributed by atoms with E-state index in [2.05, 4.69) is 10.4 Å². The third-order valence-corrected chi connectivity index (χ3v) is 2.79. The third-order valence-electron chi connectivity index (χ3n) is 2.79. The van der Waals surface area contributed by atoms with Gasteiger partial charge in [0.25, 0.3) is 0 Å². The number of rotatable bonds is 5. The summed E-state index contributed by atoms with van der Waals surface area (Å²) < 4.78 is 6.84. The van der Waals surface area contributed by atoms with E-state index in [1.807, 2.05) is 0 Å². The summed E-state index contributed by atoms with van der Waals surface area (Å²) in [7, 11) is 0. The van der Waals surface area contributed by atoms with E-state index in [0.717, 1.165) is 0 Å². The first kappa shape index (κ1) is 12.6. The SMILES string of the molecule is O=C(O)C1CCC(C(=O)NCCn2cccn2)O1. The number of carbonyl (C=O) groups is 2. The zero-order valence-corrected chi connectivity index (χ0v) is 9.78. The zero-order chi connectivity index (χ0) is 13.0. The van der Waals surface area contributed by atoms with Crippen LogP contribution >= 0.6 is 0 Å². The molecule has 7 nitrogen and oxygen atoms in total. The number of carboxylic acid groups (broad SMARTS) is 1. The van der Waals surface area contributed by atoms with Crippen molar-refractivity contribution in [3.63, 3.8) is 0 Å². The molecule has 2 heterocycles. The van der Waals surface area contributed by atoms with Gasteiger partial charge in [-0.3, -0.25) is 9.48 Å². The molecule has 1 fully saturated rings. The fraction of sp³-hybridized carbons (Fsp3) is 0.545. The fourth-order valence-corrected chi connectivity index (χ4v) is 1.85. The van der Waals surface area contributed by atoms with Gasteiger partial charge in [-0.05, 0) is 18.9 Å². The lowest BCUT2D eigenvalue weighted by Gasteiger charge is -2.11. The predicted octanol–water partition coefficient (Wildman–Crippen LogP) is -0.369. The van der Waals surface area contributed by atoms with Crippen molar-refractivity contribution in [3.8, 4) is 0 Å². The second kappa shape index (κ2) is 5.63. The normalized spacial score (nSPS) is 22.9. The van der Waals surface area contributed by atoms with E-state index in [1.165, 1.54) is 0 Å². The molecule has 1 aromatic rings. The number of hydrogen-bond donors (Lipinski definition) is 2. The van der Waals surface area contributed by atoms with Crippen molar-refractivity contribution in [2.24, 2.45) is 0 Å². The topological polar surface area (TPSA) is 93.4 Å². The molecule has 0 aromatic carbocycles. The Kier molecular flexibility index (Phi) is 3.93. The molecule has 1 aromatic heterocycles. The Morgan fingerprint density at radius 3 is 2.83 bits per heavy atom. The van der Waals surface area contributed by atoms with Gasteiger partial charge in [0, 0.05) is 18.9 Å². The Labute approximate surface area is 104 Å². The van der Waals surface area contributed by atoms with Crippen LogP contribution in [0.15, 0.2) is 18.5 Å². The van der Waals surface area contributed by atoms with Gasteiger partial charge in [0.2, 0.25) is 5.91 Å². The van der Waals surface area contributed by atoms with Crippen LogP contribution in [0.4, 0.5) is 0 Å². The van der Waals surface area contributed by atoms with Crippen molar-refractivity contribution < 1.29 is 19.4 Å². The molecule has 98 valence electrons. The molecule has 18 heavy (non-hydrogen) atoms. The van der Waals surface area contributed by atoms with Gasteiger partial charge in [0.15, 0.2) is 6.10 Å². The molecule has 1 saturated heterocycles. The van der Waals surface area contributed by atoms with Gasteiger partial charge in [0.1, 0.15) is 6.10 Å². The van der Waals surface area contributed by atoms with E-state index in [-0.39, 0.29) is 5.91 Å². The Morgan fingerprint density at radius 1 is 1.44 bits per heavy atom. The molecule has 1 amide bonds. The Morgan fingerprint density at radius 2 is 2.22 bits per heavy atom. The summed E-state index contributed by atoms with van der Waals surface area (Å²) in [6.07, 6.45) is 2.80. The number of hydrogen-bond acceptors (Lipinski definition) is 4. The highest BCUT2D eigenvalue weighted by atomic mass is 16.5. The summed E-state index contributed by atoms with van der Waals surface area (Å²) in [4.78, 5) is 22.4. The van der Waals surface area contributed by atoms with Gasteiger partial charge in [-0.15, -0.1) is 0 Å². The van der Waals surface area contributed by atoms with Gasteiger partial charge in [0.05, 0.1) is 6.54 Å². The second-order valence-corrected chi connectivity index (χ2v) is 4.09. The summed E-state index contributed by atoms with van der Waals surface area (Å²) in [5.74, 6) is -1.27. The monoisotopic (exact) mass is 253 g/mol. The minimum atomic E-state index is -1.01. The van der Waals surface area contributed by atoms with Crippen molar-refractivity contribution in [2.45, 2.75) is 31.6 Å². The molecular weight excluding hydrogens is 238 g/mol. The second-order valence-electron chi connectivity index (χ2n) is 4.09. The van der Waals surface area contributed by atoms with Crippen LogP contribution in [0.2, 0.25) is 0 Å². The summed E-state index contributed by atoms with van der Waals surface area (Å²) in [5.41, 5.74) is 0. The van der Waals surface area contributed by atoms with Crippen LogP contribution in [0.25, 0.3) is 0 Å². The first-order valence-corrected chi connectivity index (χ1v) is 5.80. The molecule has 1 aliphatic heterocycles. The summed E-state index contributed by atoms with van der Waals surface area (Å²) in [5, 5.41) is 15.5. The maximum Gasteiger partial charge on any atom is 0.332 e. The number of nitrogens with zero attached hydrogens (tertiary/aromatic N) is 2. The minimum Gasteiger partial charge on any atom is -0.479 e.